The molecule has 0 aliphatic heterocycles. The summed E-state index contributed by atoms with van der Waals surface area (Å²) in [7, 11) is -3.76. The molecule has 0 aromatic heterocycles. The quantitative estimate of drug-likeness (QED) is 0.536. The maximum absolute atomic E-state index is 12.2. The number of para-hydroxylation sites is 1. The standard InChI is InChI=1S/C15H16N2O5S/c16-14(15(18)17-19)10-23(20,21)13-8-6-12(7-9-13)22-11-4-2-1-3-5-11/h1-9,14,19H,10,16H2,(H,17,18). The van der Waals surface area contributed by atoms with Crippen LogP contribution in [0.1, 0.15) is 0 Å². The number of hydrogen-bond donors (Lipinski definition) is 3. The van der Waals surface area contributed by atoms with Gasteiger partial charge in [0.05, 0.1) is 10.6 Å². The number of ether oxygens (including phenoxy) is 1. The molecule has 1 amide bonds. The van der Waals surface area contributed by atoms with E-state index in [1.807, 2.05) is 18.2 Å². The number of nitrogens with one attached hydrogen (secondary N) is 1. The second kappa shape index (κ2) is 7.23. The van der Waals surface area contributed by atoms with Crippen LogP contribution in [-0.2, 0) is 14.6 Å². The Hall–Kier alpha value is -2.42. The van der Waals surface area contributed by atoms with Gasteiger partial charge in [-0.25, -0.2) is 13.9 Å². The smallest absolute Gasteiger partial charge is 0.261 e. The van der Waals surface area contributed by atoms with Crippen molar-refractivity contribution in [3.8, 4) is 11.5 Å². The summed E-state index contributed by atoms with van der Waals surface area (Å²) in [6.45, 7) is 0. The first-order valence-electron chi connectivity index (χ1n) is 6.67. The minimum absolute atomic E-state index is 0.0131. The third-order valence-electron chi connectivity index (χ3n) is 3.01. The molecule has 2 rings (SSSR count). The molecular formula is C15H16N2O5S. The Labute approximate surface area is 133 Å². The lowest BCUT2D eigenvalue weighted by molar-refractivity contribution is -0.130. The molecule has 1 unspecified atom stereocenters. The number of hydroxylamine groups is 1. The predicted octanol–water partition coefficient (Wildman–Crippen LogP) is 1.09. The minimum Gasteiger partial charge on any atom is -0.457 e. The van der Waals surface area contributed by atoms with Crippen molar-refractivity contribution in [3.63, 3.8) is 0 Å². The van der Waals surface area contributed by atoms with E-state index in [4.69, 9.17) is 15.7 Å². The third-order valence-corrected chi connectivity index (χ3v) is 4.80. The van der Waals surface area contributed by atoms with Crippen LogP contribution >= 0.6 is 0 Å². The third kappa shape index (κ3) is 4.52. The monoisotopic (exact) mass is 336 g/mol. The van der Waals surface area contributed by atoms with Gasteiger partial charge in [0.25, 0.3) is 5.91 Å². The van der Waals surface area contributed by atoms with Crippen molar-refractivity contribution in [2.45, 2.75) is 10.9 Å². The fourth-order valence-electron chi connectivity index (χ4n) is 1.83. The van der Waals surface area contributed by atoms with E-state index in [-0.39, 0.29) is 4.90 Å². The van der Waals surface area contributed by atoms with E-state index in [2.05, 4.69) is 0 Å². The number of carbonyl (C=O) groups is 1. The molecule has 0 saturated carbocycles. The molecule has 1 atom stereocenters. The van der Waals surface area contributed by atoms with E-state index >= 15 is 0 Å². The fraction of sp³-hybridized carbons (Fsp3) is 0.133. The van der Waals surface area contributed by atoms with Gasteiger partial charge in [0, 0.05) is 0 Å². The maximum atomic E-state index is 12.2. The maximum Gasteiger partial charge on any atom is 0.261 e. The normalized spacial score (nSPS) is 12.4. The molecule has 0 saturated heterocycles. The Morgan fingerprint density at radius 3 is 2.22 bits per heavy atom. The van der Waals surface area contributed by atoms with Gasteiger partial charge in [0.1, 0.15) is 17.5 Å². The molecule has 23 heavy (non-hydrogen) atoms. The molecule has 0 bridgehead atoms. The average molecular weight is 336 g/mol. The lowest BCUT2D eigenvalue weighted by atomic mass is 10.3. The van der Waals surface area contributed by atoms with Crippen molar-refractivity contribution in [1.29, 1.82) is 0 Å². The Bertz CT molecular complexity index is 760. The van der Waals surface area contributed by atoms with Gasteiger partial charge in [-0.15, -0.1) is 0 Å². The van der Waals surface area contributed by atoms with E-state index in [1.165, 1.54) is 29.7 Å². The zero-order chi connectivity index (χ0) is 16.9. The largest absolute Gasteiger partial charge is 0.457 e. The molecular weight excluding hydrogens is 320 g/mol. The fourth-order valence-corrected chi connectivity index (χ4v) is 3.20. The number of benzene rings is 2. The van der Waals surface area contributed by atoms with Crippen LogP contribution < -0.4 is 16.0 Å². The van der Waals surface area contributed by atoms with Crippen LogP contribution in [-0.4, -0.2) is 31.3 Å². The Morgan fingerprint density at radius 2 is 1.65 bits per heavy atom. The van der Waals surface area contributed by atoms with Gasteiger partial charge < -0.3 is 10.5 Å². The predicted molar refractivity (Wildman–Crippen MR) is 82.9 cm³/mol. The summed E-state index contributed by atoms with van der Waals surface area (Å²) in [6.07, 6.45) is 0. The number of hydrogen-bond acceptors (Lipinski definition) is 6. The number of rotatable bonds is 6. The van der Waals surface area contributed by atoms with Gasteiger partial charge in [-0.2, -0.15) is 0 Å². The van der Waals surface area contributed by atoms with E-state index in [9.17, 15) is 13.2 Å². The number of nitrogens with two attached hydrogens (primary N) is 1. The van der Waals surface area contributed by atoms with Crippen molar-refractivity contribution in [3.05, 3.63) is 54.6 Å². The molecule has 0 fully saturated rings. The second-order valence-corrected chi connectivity index (χ2v) is 6.78. The first-order chi connectivity index (χ1) is 10.9. The molecule has 0 heterocycles. The van der Waals surface area contributed by atoms with E-state index < -0.39 is 27.5 Å². The van der Waals surface area contributed by atoms with Gasteiger partial charge in [0.15, 0.2) is 9.84 Å². The van der Waals surface area contributed by atoms with Gasteiger partial charge >= 0.3 is 0 Å². The molecule has 122 valence electrons. The van der Waals surface area contributed by atoms with E-state index in [0.717, 1.165) is 0 Å². The SMILES string of the molecule is NC(CS(=O)(=O)c1ccc(Oc2ccccc2)cc1)C(=O)NO. The van der Waals surface area contributed by atoms with Crippen LogP contribution in [0.4, 0.5) is 0 Å². The molecule has 2 aromatic carbocycles. The highest BCUT2D eigenvalue weighted by Crippen LogP contribution is 2.23. The first-order valence-corrected chi connectivity index (χ1v) is 8.33. The highest BCUT2D eigenvalue weighted by atomic mass is 32.2. The van der Waals surface area contributed by atoms with Gasteiger partial charge in [-0.1, -0.05) is 18.2 Å². The molecule has 7 nitrogen and oxygen atoms in total. The topological polar surface area (TPSA) is 119 Å². The van der Waals surface area contributed by atoms with Crippen molar-refractivity contribution in [2.75, 3.05) is 5.75 Å². The number of carbonyl (C=O) groups excluding carboxylic acids is 1. The number of sulfone groups is 1. The molecule has 8 heteroatoms. The van der Waals surface area contributed by atoms with Crippen LogP contribution in [0.2, 0.25) is 0 Å². The Kier molecular flexibility index (Phi) is 5.32. The Morgan fingerprint density at radius 1 is 1.09 bits per heavy atom. The van der Waals surface area contributed by atoms with Crippen LogP contribution in [0.3, 0.4) is 0 Å². The molecule has 2 aromatic rings. The molecule has 0 spiro atoms. The zero-order valence-corrected chi connectivity index (χ0v) is 12.9. The summed E-state index contributed by atoms with van der Waals surface area (Å²) in [6, 6.07) is 13.5. The van der Waals surface area contributed by atoms with Crippen LogP contribution in [0.5, 0.6) is 11.5 Å². The lowest BCUT2D eigenvalue weighted by Crippen LogP contribution is -2.43. The van der Waals surface area contributed by atoms with Crippen LogP contribution in [0.15, 0.2) is 59.5 Å². The number of amides is 1. The average Bonchev–Trinajstić information content (AvgIpc) is 2.55. The summed E-state index contributed by atoms with van der Waals surface area (Å²) in [5.41, 5.74) is 6.73. The summed E-state index contributed by atoms with van der Waals surface area (Å²) in [5.74, 6) is -0.465. The summed E-state index contributed by atoms with van der Waals surface area (Å²) >= 11 is 0. The van der Waals surface area contributed by atoms with Gasteiger partial charge in [0.2, 0.25) is 0 Å². The van der Waals surface area contributed by atoms with E-state index in [0.29, 0.717) is 11.5 Å². The summed E-state index contributed by atoms with van der Waals surface area (Å²) in [5, 5.41) is 8.46. The van der Waals surface area contributed by atoms with Gasteiger partial charge in [-0.05, 0) is 36.4 Å². The van der Waals surface area contributed by atoms with E-state index in [1.54, 1.807) is 12.1 Å². The molecule has 0 aliphatic carbocycles. The highest BCUT2D eigenvalue weighted by molar-refractivity contribution is 7.91. The Balaban J connectivity index is 2.10. The molecule has 4 N–H and O–H groups in total. The van der Waals surface area contributed by atoms with Crippen molar-refractivity contribution in [1.82, 2.24) is 5.48 Å². The van der Waals surface area contributed by atoms with Crippen molar-refractivity contribution >= 4 is 15.7 Å². The molecule has 0 aliphatic rings. The second-order valence-electron chi connectivity index (χ2n) is 4.75. The first kappa shape index (κ1) is 16.9. The summed E-state index contributed by atoms with van der Waals surface area (Å²) < 4.78 is 29.9. The summed E-state index contributed by atoms with van der Waals surface area (Å²) in [4.78, 5) is 11.1. The van der Waals surface area contributed by atoms with Crippen molar-refractivity contribution in [2.24, 2.45) is 5.73 Å². The van der Waals surface area contributed by atoms with Gasteiger partial charge in [-0.3, -0.25) is 10.0 Å². The van der Waals surface area contributed by atoms with Crippen LogP contribution in [0.25, 0.3) is 0 Å². The minimum atomic E-state index is -3.76. The van der Waals surface area contributed by atoms with Crippen LogP contribution in [0, 0.1) is 0 Å². The zero-order valence-electron chi connectivity index (χ0n) is 12.0. The highest BCUT2D eigenvalue weighted by Gasteiger charge is 2.23. The van der Waals surface area contributed by atoms with Crippen molar-refractivity contribution < 1.29 is 23.2 Å². The lowest BCUT2D eigenvalue weighted by Gasteiger charge is -2.11. The molecule has 0 radical (unpaired) electrons.